The number of aryl methyl sites for hydroxylation is 2. The van der Waals surface area contributed by atoms with Crippen molar-refractivity contribution in [1.82, 2.24) is 25.2 Å². The Balaban J connectivity index is 1.80. The van der Waals surface area contributed by atoms with Gasteiger partial charge in [-0.25, -0.2) is 4.98 Å². The summed E-state index contributed by atoms with van der Waals surface area (Å²) in [5.41, 5.74) is 7.92. The van der Waals surface area contributed by atoms with E-state index in [9.17, 15) is 9.59 Å². The van der Waals surface area contributed by atoms with Crippen molar-refractivity contribution in [2.75, 3.05) is 5.32 Å². The average molecular weight is 428 g/mol. The van der Waals surface area contributed by atoms with Gasteiger partial charge in [-0.15, -0.1) is 26.3 Å². The molecule has 9 nitrogen and oxygen atoms in total. The molecule has 10 heteroatoms. The summed E-state index contributed by atoms with van der Waals surface area (Å²) in [6.45, 7) is 10.00. The van der Waals surface area contributed by atoms with E-state index in [1.807, 2.05) is 6.92 Å². The van der Waals surface area contributed by atoms with E-state index < -0.39 is 5.91 Å². The van der Waals surface area contributed by atoms with Crippen molar-refractivity contribution in [3.63, 3.8) is 0 Å². The molecule has 0 saturated carbocycles. The van der Waals surface area contributed by atoms with E-state index in [1.165, 1.54) is 16.1 Å². The molecule has 0 saturated heterocycles. The quantitative estimate of drug-likeness (QED) is 0.622. The van der Waals surface area contributed by atoms with Crippen LogP contribution in [0.2, 0.25) is 0 Å². The van der Waals surface area contributed by atoms with Crippen molar-refractivity contribution in [3.8, 4) is 5.69 Å². The Bertz CT molecular complexity index is 1100. The molecule has 0 spiro atoms. The molecule has 3 aromatic rings. The monoisotopic (exact) mass is 427 g/mol. The third kappa shape index (κ3) is 4.70. The third-order valence-corrected chi connectivity index (χ3v) is 5.97. The fraction of sp³-hybridized carbons (Fsp3) is 0.400. The maximum absolute atomic E-state index is 12.6. The van der Waals surface area contributed by atoms with Crippen molar-refractivity contribution in [2.45, 2.75) is 52.9 Å². The summed E-state index contributed by atoms with van der Waals surface area (Å²) in [5.74, 6) is -0.274. The second-order valence-corrected chi connectivity index (χ2v) is 9.02. The molecule has 0 aliphatic rings. The summed E-state index contributed by atoms with van der Waals surface area (Å²) >= 11 is 1.48. The second-order valence-electron chi connectivity index (χ2n) is 8.03. The number of tetrazole rings is 1. The Labute approximate surface area is 178 Å². The number of nitrogens with one attached hydrogen (secondary N) is 1. The first-order valence-electron chi connectivity index (χ1n) is 9.52. The molecule has 2 amide bonds. The van der Waals surface area contributed by atoms with Crippen molar-refractivity contribution >= 4 is 28.3 Å². The topological polar surface area (TPSA) is 129 Å². The lowest BCUT2D eigenvalue weighted by molar-refractivity contribution is -0.116. The van der Waals surface area contributed by atoms with Gasteiger partial charge in [0.05, 0.1) is 11.4 Å². The van der Waals surface area contributed by atoms with E-state index in [0.717, 1.165) is 10.6 Å². The van der Waals surface area contributed by atoms with Crippen LogP contribution in [0.4, 0.5) is 5.13 Å². The second kappa shape index (κ2) is 8.31. The Morgan fingerprint density at radius 3 is 2.53 bits per heavy atom. The average Bonchev–Trinajstić information content (AvgIpc) is 3.24. The molecule has 2 heterocycles. The van der Waals surface area contributed by atoms with Gasteiger partial charge in [-0.2, -0.15) is 0 Å². The molecule has 1 aromatic carbocycles. The van der Waals surface area contributed by atoms with Gasteiger partial charge in [-0.1, -0.05) is 26.8 Å². The highest BCUT2D eigenvalue weighted by Crippen LogP contribution is 2.33. The summed E-state index contributed by atoms with van der Waals surface area (Å²) in [6, 6.07) is 5.09. The highest BCUT2D eigenvalue weighted by atomic mass is 32.1. The summed E-state index contributed by atoms with van der Waals surface area (Å²) in [5, 5.41) is 15.5. The molecule has 0 atom stereocenters. The van der Waals surface area contributed by atoms with Crippen LogP contribution in [0.15, 0.2) is 18.2 Å². The highest BCUT2D eigenvalue weighted by Gasteiger charge is 2.22. The SMILES string of the molecule is Cc1nnn(-c2cccc(C(N)=O)c2CCC(=O)Nc2nc(C)c(C(C)(C)C)s2)n1. The van der Waals surface area contributed by atoms with Gasteiger partial charge >= 0.3 is 0 Å². The van der Waals surface area contributed by atoms with E-state index in [4.69, 9.17) is 5.73 Å². The Morgan fingerprint density at radius 2 is 1.97 bits per heavy atom. The largest absolute Gasteiger partial charge is 0.366 e. The van der Waals surface area contributed by atoms with Crippen LogP contribution >= 0.6 is 11.3 Å². The zero-order valence-electron chi connectivity index (χ0n) is 17.7. The summed E-state index contributed by atoms with van der Waals surface area (Å²) in [6.07, 6.45) is 0.436. The number of nitrogens with two attached hydrogens (primary N) is 1. The van der Waals surface area contributed by atoms with E-state index in [-0.39, 0.29) is 24.2 Å². The number of rotatable bonds is 6. The fourth-order valence-electron chi connectivity index (χ4n) is 3.21. The molecule has 158 valence electrons. The summed E-state index contributed by atoms with van der Waals surface area (Å²) in [7, 11) is 0. The van der Waals surface area contributed by atoms with Crippen molar-refractivity contribution in [3.05, 3.63) is 45.7 Å². The molecule has 0 unspecified atom stereocenters. The minimum atomic E-state index is -0.575. The van der Waals surface area contributed by atoms with Gasteiger partial charge in [0.25, 0.3) is 0 Å². The minimum Gasteiger partial charge on any atom is -0.366 e. The predicted octanol–water partition coefficient (Wildman–Crippen LogP) is 2.70. The molecule has 3 rings (SSSR count). The number of thiazole rings is 1. The number of anilines is 1. The maximum atomic E-state index is 12.6. The van der Waals surface area contributed by atoms with E-state index in [0.29, 0.717) is 27.8 Å². The van der Waals surface area contributed by atoms with Crippen LogP contribution in [0.5, 0.6) is 0 Å². The van der Waals surface area contributed by atoms with Gasteiger partial charge < -0.3 is 11.1 Å². The summed E-state index contributed by atoms with van der Waals surface area (Å²) < 4.78 is 0. The molecule has 30 heavy (non-hydrogen) atoms. The van der Waals surface area contributed by atoms with Crippen molar-refractivity contribution < 1.29 is 9.59 Å². The van der Waals surface area contributed by atoms with Crippen molar-refractivity contribution in [2.24, 2.45) is 5.73 Å². The van der Waals surface area contributed by atoms with Gasteiger partial charge in [-0.3, -0.25) is 9.59 Å². The van der Waals surface area contributed by atoms with Crippen LogP contribution in [-0.2, 0) is 16.6 Å². The van der Waals surface area contributed by atoms with Crippen LogP contribution in [0.3, 0.4) is 0 Å². The third-order valence-electron chi connectivity index (χ3n) is 4.47. The smallest absolute Gasteiger partial charge is 0.249 e. The Kier molecular flexibility index (Phi) is 5.97. The lowest BCUT2D eigenvalue weighted by Gasteiger charge is -2.16. The molecule has 2 aromatic heterocycles. The zero-order valence-corrected chi connectivity index (χ0v) is 18.5. The number of hydrogen-bond acceptors (Lipinski definition) is 7. The molecule has 0 fully saturated rings. The first-order chi connectivity index (χ1) is 14.1. The number of nitrogens with zero attached hydrogens (tertiary/aromatic N) is 5. The molecule has 0 aliphatic carbocycles. The fourth-order valence-corrected chi connectivity index (χ4v) is 4.25. The summed E-state index contributed by atoms with van der Waals surface area (Å²) in [4.78, 5) is 31.4. The number of hydrogen-bond donors (Lipinski definition) is 2. The number of aromatic nitrogens is 5. The van der Waals surface area contributed by atoms with E-state index >= 15 is 0 Å². The number of amides is 2. The zero-order chi connectivity index (χ0) is 22.1. The lowest BCUT2D eigenvalue weighted by atomic mass is 9.94. The maximum Gasteiger partial charge on any atom is 0.249 e. The van der Waals surface area contributed by atoms with Crippen LogP contribution in [0, 0.1) is 13.8 Å². The van der Waals surface area contributed by atoms with Crippen LogP contribution in [0.1, 0.15) is 59.5 Å². The molecule has 0 aliphatic heterocycles. The van der Waals surface area contributed by atoms with Gasteiger partial charge in [0, 0.05) is 16.9 Å². The number of primary amides is 1. The Hall–Kier alpha value is -3.14. The normalized spacial score (nSPS) is 11.5. The predicted molar refractivity (Wildman–Crippen MR) is 115 cm³/mol. The van der Waals surface area contributed by atoms with Crippen LogP contribution in [0.25, 0.3) is 5.69 Å². The van der Waals surface area contributed by atoms with Crippen molar-refractivity contribution in [1.29, 1.82) is 0 Å². The molecule has 3 N–H and O–H groups in total. The highest BCUT2D eigenvalue weighted by molar-refractivity contribution is 7.16. The van der Waals surface area contributed by atoms with Crippen LogP contribution < -0.4 is 11.1 Å². The van der Waals surface area contributed by atoms with Gasteiger partial charge in [0.15, 0.2) is 11.0 Å². The molecular weight excluding hydrogens is 402 g/mol. The molecular formula is C20H25N7O2S. The first kappa shape index (κ1) is 21.6. The standard InChI is InChI=1S/C20H25N7O2S/c1-11-17(20(3,4)5)30-19(22-11)23-16(28)10-9-13-14(18(21)29)7-6-8-15(13)27-25-12(2)24-26-27/h6-8H,9-10H2,1-5H3,(H2,21,29)(H,22,23,28). The molecule has 0 radical (unpaired) electrons. The number of carbonyl (C=O) groups excluding carboxylic acids is 2. The Morgan fingerprint density at radius 1 is 1.23 bits per heavy atom. The lowest BCUT2D eigenvalue weighted by Crippen LogP contribution is -2.18. The first-order valence-corrected chi connectivity index (χ1v) is 10.3. The number of carbonyl (C=O) groups is 2. The van der Waals surface area contributed by atoms with Gasteiger partial charge in [-0.05, 0) is 48.6 Å². The van der Waals surface area contributed by atoms with E-state index in [1.54, 1.807) is 25.1 Å². The minimum absolute atomic E-state index is 0.0387. The van der Waals surface area contributed by atoms with Crippen LogP contribution in [-0.4, -0.2) is 37.0 Å². The number of benzene rings is 1. The van der Waals surface area contributed by atoms with Gasteiger partial charge in [0.2, 0.25) is 11.8 Å². The van der Waals surface area contributed by atoms with Gasteiger partial charge in [0.1, 0.15) is 0 Å². The van der Waals surface area contributed by atoms with E-state index in [2.05, 4.69) is 46.5 Å². The molecule has 0 bridgehead atoms.